The van der Waals surface area contributed by atoms with Crippen LogP contribution in [0.25, 0.3) is 0 Å². The van der Waals surface area contributed by atoms with Gasteiger partial charge in [-0.1, -0.05) is 25.1 Å². The molecule has 1 aromatic heterocycles. The summed E-state index contributed by atoms with van der Waals surface area (Å²) in [6.07, 6.45) is -3.39. The molecule has 0 fully saturated rings. The quantitative estimate of drug-likeness (QED) is 0.433. The molecule has 1 heterocycles. The topological polar surface area (TPSA) is 105 Å². The summed E-state index contributed by atoms with van der Waals surface area (Å²) < 4.78 is 80.1. The highest BCUT2D eigenvalue weighted by Gasteiger charge is 2.38. The fraction of sp³-hybridized carbons (Fsp3) is 0.227. The molecule has 2 N–H and O–H groups in total. The van der Waals surface area contributed by atoms with Crippen LogP contribution in [-0.2, 0) is 22.3 Å². The van der Waals surface area contributed by atoms with Crippen LogP contribution in [-0.4, -0.2) is 26.6 Å². The summed E-state index contributed by atoms with van der Waals surface area (Å²) in [5.74, 6) is -2.73. The Morgan fingerprint density at radius 3 is 2.47 bits per heavy atom. The number of carbonyl (C=O) groups excluding carboxylic acids is 1. The Balaban J connectivity index is 2.09. The molecule has 12 heteroatoms. The first-order valence-electron chi connectivity index (χ1n) is 9.87. The van der Waals surface area contributed by atoms with E-state index in [-0.39, 0.29) is 16.3 Å². The number of aryl methyl sites for hydroxylation is 1. The number of carbonyl (C=O) groups is 1. The fourth-order valence-electron chi connectivity index (χ4n) is 3.13. The minimum atomic E-state index is -4.91. The summed E-state index contributed by atoms with van der Waals surface area (Å²) >= 11 is 0. The van der Waals surface area contributed by atoms with Gasteiger partial charge < -0.3 is 10.1 Å². The number of rotatable bonds is 6. The molecule has 1 unspecified atom stereocenters. The van der Waals surface area contributed by atoms with Gasteiger partial charge >= 0.3 is 6.18 Å². The van der Waals surface area contributed by atoms with Crippen LogP contribution in [0.1, 0.15) is 34.1 Å². The summed E-state index contributed by atoms with van der Waals surface area (Å²) in [6, 6.07) is 9.80. The molecule has 3 rings (SSSR count). The van der Waals surface area contributed by atoms with Gasteiger partial charge in [-0.3, -0.25) is 4.79 Å². The molecule has 0 bridgehead atoms. The number of hydrogen-bond donors (Lipinski definition) is 2. The second kappa shape index (κ2) is 9.37. The van der Waals surface area contributed by atoms with Crippen molar-refractivity contribution in [2.75, 3.05) is 11.6 Å². The maximum Gasteiger partial charge on any atom is 0.435 e. The van der Waals surface area contributed by atoms with E-state index in [0.717, 1.165) is 6.92 Å². The molecule has 34 heavy (non-hydrogen) atoms. The summed E-state index contributed by atoms with van der Waals surface area (Å²) in [4.78, 5) is 13.2. The van der Waals surface area contributed by atoms with E-state index < -0.39 is 50.3 Å². The number of hydrogen-bond acceptors (Lipinski definition) is 6. The lowest BCUT2D eigenvalue weighted by Gasteiger charge is -2.16. The van der Waals surface area contributed by atoms with Crippen molar-refractivity contribution in [2.24, 2.45) is 0 Å². The van der Waals surface area contributed by atoms with E-state index in [1.165, 1.54) is 48.7 Å². The van der Waals surface area contributed by atoms with Gasteiger partial charge in [-0.15, -0.1) is 10.2 Å². The molecule has 3 aromatic rings. The van der Waals surface area contributed by atoms with Crippen LogP contribution in [0.5, 0.6) is 11.6 Å². The number of anilines is 1. The van der Waals surface area contributed by atoms with Gasteiger partial charge in [0.1, 0.15) is 5.56 Å². The van der Waals surface area contributed by atoms with E-state index in [2.05, 4.69) is 15.5 Å². The average Bonchev–Trinajstić information content (AvgIpc) is 2.74. The normalized spacial score (nSPS) is 13.3. The van der Waals surface area contributed by atoms with Gasteiger partial charge in [0.15, 0.2) is 17.3 Å². The van der Waals surface area contributed by atoms with Crippen molar-refractivity contribution in [1.29, 1.82) is 4.78 Å². The Labute approximate surface area is 193 Å². The summed E-state index contributed by atoms with van der Waals surface area (Å²) in [6.45, 7) is 2.74. The van der Waals surface area contributed by atoms with Crippen LogP contribution >= 0.6 is 0 Å². The van der Waals surface area contributed by atoms with E-state index in [4.69, 9.17) is 9.52 Å². The van der Waals surface area contributed by atoms with Gasteiger partial charge in [0.25, 0.3) is 11.8 Å². The van der Waals surface area contributed by atoms with Crippen LogP contribution in [0.2, 0.25) is 0 Å². The number of nitrogens with zero attached hydrogens (tertiary/aromatic N) is 2. The number of benzene rings is 2. The Morgan fingerprint density at radius 2 is 1.85 bits per heavy atom. The molecule has 2 aromatic carbocycles. The zero-order valence-corrected chi connectivity index (χ0v) is 19.1. The Hall–Kier alpha value is -3.54. The largest absolute Gasteiger partial charge is 0.435 e. The van der Waals surface area contributed by atoms with Crippen LogP contribution in [0.3, 0.4) is 0 Å². The van der Waals surface area contributed by atoms with Crippen molar-refractivity contribution < 1.29 is 31.3 Å². The van der Waals surface area contributed by atoms with Gasteiger partial charge in [-0.25, -0.2) is 13.4 Å². The van der Waals surface area contributed by atoms with Gasteiger partial charge in [0.2, 0.25) is 0 Å². The monoisotopic (exact) mass is 496 g/mol. The lowest BCUT2D eigenvalue weighted by molar-refractivity contribution is -0.142. The molecule has 7 nitrogen and oxygen atoms in total. The van der Waals surface area contributed by atoms with Gasteiger partial charge in [-0.05, 0) is 48.7 Å². The van der Waals surface area contributed by atoms with Crippen molar-refractivity contribution in [3.63, 3.8) is 0 Å². The Kier molecular flexibility index (Phi) is 6.92. The minimum Gasteiger partial charge on any atom is -0.434 e. The predicted molar refractivity (Wildman–Crippen MR) is 117 cm³/mol. The number of aromatic nitrogens is 2. The van der Waals surface area contributed by atoms with Crippen molar-refractivity contribution >= 4 is 21.3 Å². The number of alkyl halides is 3. The third-order valence-corrected chi connectivity index (χ3v) is 6.01. The van der Waals surface area contributed by atoms with Crippen LogP contribution in [0.15, 0.2) is 47.4 Å². The first-order valence-corrected chi connectivity index (χ1v) is 11.8. The number of nitrogens with one attached hydrogen (secondary N) is 2. The van der Waals surface area contributed by atoms with E-state index in [1.54, 1.807) is 6.92 Å². The molecule has 180 valence electrons. The summed E-state index contributed by atoms with van der Waals surface area (Å²) in [7, 11) is -3.11. The molecule has 0 saturated carbocycles. The number of amides is 1. The van der Waals surface area contributed by atoms with E-state index in [0.29, 0.717) is 12.0 Å². The SMILES string of the molecule is CCc1cccc(Oc2nnc(C(F)(F)F)c(C)c2C(=O)Nc2cccc(S(C)(=N)=O)c2)c1F. The molecule has 0 aliphatic heterocycles. The molecule has 0 saturated heterocycles. The van der Waals surface area contributed by atoms with Crippen LogP contribution in [0.4, 0.5) is 23.2 Å². The van der Waals surface area contributed by atoms with Gasteiger partial charge in [0, 0.05) is 16.8 Å². The maximum absolute atomic E-state index is 14.7. The standard InChI is InChI=1S/C22H20F4N4O3S/c1-4-13-7-5-10-16(18(13)23)33-21-17(12(2)19(29-30-21)22(24,25)26)20(31)28-14-8-6-9-15(11-14)34(3,27)32/h5-11,27H,4H2,1-3H3,(H,28,31). The third-order valence-electron chi connectivity index (χ3n) is 4.85. The van der Waals surface area contributed by atoms with Gasteiger partial charge in [0.05, 0.1) is 9.73 Å². The highest BCUT2D eigenvalue weighted by atomic mass is 32.2. The van der Waals surface area contributed by atoms with Crippen LogP contribution < -0.4 is 10.1 Å². The van der Waals surface area contributed by atoms with Crippen molar-refractivity contribution in [3.8, 4) is 11.6 Å². The molecular formula is C22H20F4N4O3S. The van der Waals surface area contributed by atoms with Crippen molar-refractivity contribution in [3.05, 3.63) is 70.7 Å². The van der Waals surface area contributed by atoms with E-state index in [1.807, 2.05) is 0 Å². The summed E-state index contributed by atoms with van der Waals surface area (Å²) in [5, 5.41) is 8.97. The van der Waals surface area contributed by atoms with E-state index >= 15 is 0 Å². The first-order chi connectivity index (χ1) is 15.8. The molecule has 1 atom stereocenters. The molecule has 0 radical (unpaired) electrons. The zero-order chi connectivity index (χ0) is 25.3. The molecule has 0 aliphatic carbocycles. The number of halogens is 4. The predicted octanol–water partition coefficient (Wildman–Crippen LogP) is 5.59. The lowest BCUT2D eigenvalue weighted by Crippen LogP contribution is -2.21. The minimum absolute atomic E-state index is 0.0826. The second-order valence-corrected chi connectivity index (χ2v) is 9.52. The average molecular weight is 496 g/mol. The van der Waals surface area contributed by atoms with Crippen LogP contribution in [0, 0.1) is 17.5 Å². The van der Waals surface area contributed by atoms with E-state index in [9.17, 15) is 26.6 Å². The first kappa shape index (κ1) is 25.1. The zero-order valence-electron chi connectivity index (χ0n) is 18.3. The summed E-state index contributed by atoms with van der Waals surface area (Å²) in [5.41, 5.74) is -2.19. The maximum atomic E-state index is 14.7. The molecule has 0 spiro atoms. The van der Waals surface area contributed by atoms with Gasteiger partial charge in [-0.2, -0.15) is 13.2 Å². The Bertz CT molecular complexity index is 1360. The second-order valence-electron chi connectivity index (χ2n) is 7.36. The van der Waals surface area contributed by atoms with Crippen molar-refractivity contribution in [1.82, 2.24) is 10.2 Å². The molecule has 0 aliphatic rings. The third kappa shape index (κ3) is 5.33. The van der Waals surface area contributed by atoms with Crippen molar-refractivity contribution in [2.45, 2.75) is 31.3 Å². The molecule has 1 amide bonds. The lowest BCUT2D eigenvalue weighted by atomic mass is 10.1. The smallest absolute Gasteiger partial charge is 0.434 e. The highest BCUT2D eigenvalue weighted by Crippen LogP contribution is 2.35. The Morgan fingerprint density at radius 1 is 1.18 bits per heavy atom. The molecular weight excluding hydrogens is 476 g/mol. The fourth-order valence-corrected chi connectivity index (χ4v) is 3.82. The number of ether oxygens (including phenoxy) is 1. The highest BCUT2D eigenvalue weighted by molar-refractivity contribution is 7.91.